The zero-order valence-electron chi connectivity index (χ0n) is 18.6. The summed E-state index contributed by atoms with van der Waals surface area (Å²) in [5, 5.41) is 3.02. The fourth-order valence-electron chi connectivity index (χ4n) is 2.82. The van der Waals surface area contributed by atoms with E-state index in [1.165, 1.54) is 7.11 Å². The van der Waals surface area contributed by atoms with Crippen molar-refractivity contribution in [2.24, 2.45) is 0 Å². The van der Waals surface area contributed by atoms with Crippen LogP contribution in [0.5, 0.6) is 0 Å². The van der Waals surface area contributed by atoms with Crippen LogP contribution in [0.2, 0.25) is 5.02 Å². The molecule has 1 N–H and O–H groups in total. The molecule has 0 radical (unpaired) electrons. The Hall–Kier alpha value is -3.45. The number of benzene rings is 1. The minimum atomic E-state index is -0.937. The number of ether oxygens (including phenoxy) is 2. The molecule has 1 aromatic carbocycles. The Morgan fingerprint density at radius 1 is 1.24 bits per heavy atom. The van der Waals surface area contributed by atoms with Crippen LogP contribution in [0.25, 0.3) is 5.57 Å². The Labute approximate surface area is 197 Å². The standard InChI is InChI=1S/C25H26ClFN2O4/c1-4-33-25(31)24(30)29-16-22-10-8-19(15-28-22)12-18(14-27)9-11-23(32-3)17(2)20-6-5-7-21(26)13-20/h5-11,13,15H,2,4,12,14,16H2,1,3H3,(H,29,30)/b18-9-,23-11+. The highest BCUT2D eigenvalue weighted by atomic mass is 35.5. The van der Waals surface area contributed by atoms with Gasteiger partial charge in [0.25, 0.3) is 0 Å². The number of nitrogens with zero attached hydrogens (tertiary/aromatic N) is 1. The van der Waals surface area contributed by atoms with E-state index in [4.69, 9.17) is 16.3 Å². The molecule has 1 heterocycles. The zero-order chi connectivity index (χ0) is 24.2. The molecule has 0 fully saturated rings. The lowest BCUT2D eigenvalue weighted by Crippen LogP contribution is -2.32. The van der Waals surface area contributed by atoms with Gasteiger partial charge in [-0.1, -0.05) is 42.5 Å². The Morgan fingerprint density at radius 3 is 2.64 bits per heavy atom. The lowest BCUT2D eigenvalue weighted by molar-refractivity contribution is -0.154. The predicted octanol–water partition coefficient (Wildman–Crippen LogP) is 4.60. The van der Waals surface area contributed by atoms with Gasteiger partial charge in [-0.25, -0.2) is 9.18 Å². The SMILES string of the molecule is C=C(/C(=C\C=C(/CF)Cc1ccc(CNC(=O)C(=O)OCC)nc1)OC)c1cccc(Cl)c1. The first-order valence-electron chi connectivity index (χ1n) is 10.2. The molecule has 0 spiro atoms. The molecule has 0 aliphatic rings. The number of halogens is 2. The highest BCUT2D eigenvalue weighted by molar-refractivity contribution is 6.32. The van der Waals surface area contributed by atoms with Gasteiger partial charge < -0.3 is 14.8 Å². The first-order chi connectivity index (χ1) is 15.9. The predicted molar refractivity (Wildman–Crippen MR) is 126 cm³/mol. The highest BCUT2D eigenvalue weighted by Crippen LogP contribution is 2.24. The summed E-state index contributed by atoms with van der Waals surface area (Å²) in [4.78, 5) is 27.1. The first kappa shape index (κ1) is 25.8. The Kier molecular flexibility index (Phi) is 10.3. The Bertz CT molecular complexity index is 1050. The van der Waals surface area contributed by atoms with E-state index in [-0.39, 0.29) is 13.2 Å². The molecular formula is C25H26ClFN2O4. The van der Waals surface area contributed by atoms with Crippen LogP contribution in [0.3, 0.4) is 0 Å². The topological polar surface area (TPSA) is 77.5 Å². The number of esters is 1. The third-order valence-electron chi connectivity index (χ3n) is 4.54. The summed E-state index contributed by atoms with van der Waals surface area (Å²) in [7, 11) is 1.52. The summed E-state index contributed by atoms with van der Waals surface area (Å²) >= 11 is 6.04. The van der Waals surface area contributed by atoms with Crippen molar-refractivity contribution >= 4 is 29.1 Å². The number of hydrogen-bond donors (Lipinski definition) is 1. The van der Waals surface area contributed by atoms with Gasteiger partial charge in [-0.15, -0.1) is 0 Å². The largest absolute Gasteiger partial charge is 0.496 e. The molecule has 0 saturated carbocycles. The van der Waals surface area contributed by atoms with Crippen molar-refractivity contribution in [3.8, 4) is 0 Å². The van der Waals surface area contributed by atoms with Crippen LogP contribution in [0.15, 0.2) is 72.7 Å². The highest BCUT2D eigenvalue weighted by Gasteiger charge is 2.14. The normalized spacial score (nSPS) is 11.6. The molecule has 0 atom stereocenters. The van der Waals surface area contributed by atoms with E-state index in [0.29, 0.717) is 34.0 Å². The molecule has 33 heavy (non-hydrogen) atoms. The molecule has 0 unspecified atom stereocenters. The fourth-order valence-corrected chi connectivity index (χ4v) is 3.01. The molecule has 0 aliphatic carbocycles. The van der Waals surface area contributed by atoms with E-state index in [2.05, 4.69) is 21.6 Å². The number of nitrogens with one attached hydrogen (secondary N) is 1. The summed E-state index contributed by atoms with van der Waals surface area (Å²) in [5.74, 6) is -1.27. The molecule has 8 heteroatoms. The Balaban J connectivity index is 2.03. The summed E-state index contributed by atoms with van der Waals surface area (Å²) in [5.41, 5.74) is 3.31. The van der Waals surface area contributed by atoms with Gasteiger partial charge in [0.2, 0.25) is 0 Å². The second kappa shape index (κ2) is 13.2. The lowest BCUT2D eigenvalue weighted by atomic mass is 10.0. The van der Waals surface area contributed by atoms with Crippen molar-refractivity contribution in [2.45, 2.75) is 19.9 Å². The quantitative estimate of drug-likeness (QED) is 0.237. The minimum absolute atomic E-state index is 0.0787. The maximum atomic E-state index is 13.6. The number of allylic oxidation sites excluding steroid dienone is 4. The third kappa shape index (κ3) is 8.20. The summed E-state index contributed by atoms with van der Waals surface area (Å²) in [6.45, 7) is 5.22. The number of pyridine rings is 1. The van der Waals surface area contributed by atoms with Crippen molar-refractivity contribution in [3.05, 3.63) is 94.5 Å². The van der Waals surface area contributed by atoms with Crippen LogP contribution in [-0.2, 0) is 32.0 Å². The van der Waals surface area contributed by atoms with E-state index in [1.54, 1.807) is 49.5 Å². The van der Waals surface area contributed by atoms with Crippen molar-refractivity contribution in [1.82, 2.24) is 10.3 Å². The number of rotatable bonds is 10. The average Bonchev–Trinajstić information content (AvgIpc) is 2.82. The second-order valence-electron chi connectivity index (χ2n) is 6.92. The van der Waals surface area contributed by atoms with Crippen molar-refractivity contribution < 1.29 is 23.5 Å². The molecule has 6 nitrogen and oxygen atoms in total. The maximum Gasteiger partial charge on any atom is 0.396 e. The molecule has 1 amide bonds. The summed E-state index contributed by atoms with van der Waals surface area (Å²) in [6.07, 6.45) is 5.27. The van der Waals surface area contributed by atoms with E-state index in [0.717, 1.165) is 11.1 Å². The van der Waals surface area contributed by atoms with Crippen molar-refractivity contribution in [3.63, 3.8) is 0 Å². The van der Waals surface area contributed by atoms with E-state index in [9.17, 15) is 14.0 Å². The number of carbonyl (C=O) groups excluding carboxylic acids is 2. The molecule has 0 bridgehead atoms. The van der Waals surface area contributed by atoms with Gasteiger partial charge in [-0.2, -0.15) is 0 Å². The maximum absolute atomic E-state index is 13.6. The second-order valence-corrected chi connectivity index (χ2v) is 7.36. The van der Waals surface area contributed by atoms with E-state index < -0.39 is 18.6 Å². The monoisotopic (exact) mass is 472 g/mol. The van der Waals surface area contributed by atoms with Gasteiger partial charge in [0, 0.05) is 16.8 Å². The molecule has 0 aliphatic heterocycles. The van der Waals surface area contributed by atoms with Gasteiger partial charge in [0.05, 0.1) is 26.0 Å². The first-order valence-corrected chi connectivity index (χ1v) is 10.6. The van der Waals surface area contributed by atoms with Gasteiger partial charge in [-0.3, -0.25) is 9.78 Å². The van der Waals surface area contributed by atoms with Crippen LogP contribution in [0.1, 0.15) is 23.7 Å². The van der Waals surface area contributed by atoms with Crippen LogP contribution in [0, 0.1) is 0 Å². The molecule has 1 aromatic heterocycles. The molecule has 2 aromatic rings. The van der Waals surface area contributed by atoms with Crippen LogP contribution >= 0.6 is 11.6 Å². The van der Waals surface area contributed by atoms with Gasteiger partial charge in [0.1, 0.15) is 12.4 Å². The molecule has 174 valence electrons. The minimum Gasteiger partial charge on any atom is -0.496 e. The number of amides is 1. The van der Waals surface area contributed by atoms with Gasteiger partial charge in [0.15, 0.2) is 0 Å². The number of aromatic nitrogens is 1. The number of alkyl halides is 1. The molecule has 0 saturated heterocycles. The number of carbonyl (C=O) groups is 2. The molecule has 2 rings (SSSR count). The number of methoxy groups -OCH3 is 1. The Morgan fingerprint density at radius 2 is 2.03 bits per heavy atom. The van der Waals surface area contributed by atoms with Gasteiger partial charge in [-0.05, 0) is 54.3 Å². The summed E-state index contributed by atoms with van der Waals surface area (Å²) in [6, 6.07) is 10.7. The zero-order valence-corrected chi connectivity index (χ0v) is 19.3. The van der Waals surface area contributed by atoms with Crippen molar-refractivity contribution in [2.75, 3.05) is 20.4 Å². The third-order valence-corrected chi connectivity index (χ3v) is 4.78. The van der Waals surface area contributed by atoms with E-state index >= 15 is 0 Å². The van der Waals surface area contributed by atoms with E-state index in [1.807, 2.05) is 12.1 Å². The van der Waals surface area contributed by atoms with Crippen LogP contribution in [0.4, 0.5) is 4.39 Å². The fraction of sp³-hybridized carbons (Fsp3) is 0.240. The van der Waals surface area contributed by atoms with Crippen LogP contribution < -0.4 is 5.32 Å². The summed E-state index contributed by atoms with van der Waals surface area (Å²) < 4.78 is 23.7. The van der Waals surface area contributed by atoms with Crippen molar-refractivity contribution in [1.29, 1.82) is 0 Å². The number of hydrogen-bond acceptors (Lipinski definition) is 5. The van der Waals surface area contributed by atoms with Gasteiger partial charge >= 0.3 is 11.9 Å². The smallest absolute Gasteiger partial charge is 0.396 e. The lowest BCUT2D eigenvalue weighted by Gasteiger charge is -2.10. The average molecular weight is 473 g/mol. The van der Waals surface area contributed by atoms with Crippen LogP contribution in [-0.4, -0.2) is 37.3 Å². The molecular weight excluding hydrogens is 447 g/mol.